The molecule has 0 spiro atoms. The van der Waals surface area contributed by atoms with Gasteiger partial charge in [-0.3, -0.25) is 0 Å². The number of rotatable bonds is 5. The van der Waals surface area contributed by atoms with Crippen LogP contribution in [0.25, 0.3) is 88.4 Å². The molecule has 0 fully saturated rings. The fourth-order valence-electron chi connectivity index (χ4n) is 7.80. The van der Waals surface area contributed by atoms with E-state index in [4.69, 9.17) is 0 Å². The molecule has 0 aliphatic carbocycles. The number of para-hydroxylation sites is 1. The molecule has 0 saturated heterocycles. The highest BCUT2D eigenvalue weighted by atomic mass is 15.0. The van der Waals surface area contributed by atoms with Crippen LogP contribution in [0.1, 0.15) is 0 Å². The normalized spacial score (nSPS) is 11.6. The van der Waals surface area contributed by atoms with Crippen LogP contribution >= 0.6 is 0 Å². The molecule has 10 rings (SSSR count). The molecule has 234 valence electrons. The maximum Gasteiger partial charge on any atom is 0.0548 e. The smallest absolute Gasteiger partial charge is 0.0548 e. The van der Waals surface area contributed by atoms with Crippen LogP contribution < -0.4 is 0 Å². The molecule has 0 radical (unpaired) electrons. The van der Waals surface area contributed by atoms with E-state index in [1.165, 1.54) is 77.0 Å². The molecular weight excluding hydrogens is 605 g/mol. The second-order valence-electron chi connectivity index (χ2n) is 13.0. The SMILES string of the molecule is c1ccc(-c2ccc(-n3c4ccccc4c4c5c6ccc(-c7ccccc7)cc6n(-c6ccc(-c7ccccc7)cc6)c5ccc43)cc2)cc1. The molecular formula is C48H32N2. The van der Waals surface area contributed by atoms with Gasteiger partial charge >= 0.3 is 0 Å². The van der Waals surface area contributed by atoms with Crippen LogP contribution in [0.2, 0.25) is 0 Å². The maximum atomic E-state index is 2.45. The lowest BCUT2D eigenvalue weighted by Gasteiger charge is -2.11. The van der Waals surface area contributed by atoms with E-state index in [2.05, 4.69) is 203 Å². The molecule has 0 saturated carbocycles. The molecule has 0 aliphatic heterocycles. The molecule has 2 heteroatoms. The molecule has 0 aliphatic rings. The van der Waals surface area contributed by atoms with E-state index in [1.54, 1.807) is 0 Å². The van der Waals surface area contributed by atoms with Crippen LogP contribution in [-0.4, -0.2) is 9.13 Å². The highest BCUT2D eigenvalue weighted by molar-refractivity contribution is 6.29. The highest BCUT2D eigenvalue weighted by Crippen LogP contribution is 2.43. The molecule has 0 unspecified atom stereocenters. The standard InChI is InChI=1S/C48H32N2/c1-4-12-33(13-5-1)36-20-25-39(26-21-36)49-43-19-11-10-18-41(43)47-44(49)30-31-45-48(47)42-29-24-38(35-16-8-3-9-17-35)32-46(42)50(45)40-27-22-37(23-28-40)34-14-6-2-7-15-34/h1-32H. The van der Waals surface area contributed by atoms with Crippen molar-refractivity contribution in [2.24, 2.45) is 0 Å². The summed E-state index contributed by atoms with van der Waals surface area (Å²) in [4.78, 5) is 0. The minimum atomic E-state index is 1.15. The van der Waals surface area contributed by atoms with E-state index >= 15 is 0 Å². The maximum absolute atomic E-state index is 2.45. The minimum absolute atomic E-state index is 1.15. The van der Waals surface area contributed by atoms with Crippen molar-refractivity contribution < 1.29 is 0 Å². The van der Waals surface area contributed by atoms with Gasteiger partial charge in [0.15, 0.2) is 0 Å². The van der Waals surface area contributed by atoms with Crippen LogP contribution in [0.4, 0.5) is 0 Å². The van der Waals surface area contributed by atoms with E-state index in [1.807, 2.05) is 0 Å². The first-order valence-electron chi connectivity index (χ1n) is 17.2. The van der Waals surface area contributed by atoms with Gasteiger partial charge < -0.3 is 9.13 Å². The van der Waals surface area contributed by atoms with Gasteiger partial charge in [0.2, 0.25) is 0 Å². The van der Waals surface area contributed by atoms with Crippen molar-refractivity contribution in [3.63, 3.8) is 0 Å². The zero-order valence-corrected chi connectivity index (χ0v) is 27.4. The monoisotopic (exact) mass is 636 g/mol. The molecule has 0 atom stereocenters. The summed E-state index contributed by atoms with van der Waals surface area (Å²) in [6, 6.07) is 70.3. The van der Waals surface area contributed by atoms with Crippen LogP contribution in [0.5, 0.6) is 0 Å². The summed E-state index contributed by atoms with van der Waals surface area (Å²) in [5.74, 6) is 0. The Labute approximate surface area is 290 Å². The van der Waals surface area contributed by atoms with Gasteiger partial charge in [-0.1, -0.05) is 146 Å². The van der Waals surface area contributed by atoms with Crippen LogP contribution in [0.15, 0.2) is 194 Å². The van der Waals surface area contributed by atoms with Gasteiger partial charge in [0.05, 0.1) is 22.1 Å². The van der Waals surface area contributed by atoms with E-state index in [-0.39, 0.29) is 0 Å². The lowest BCUT2D eigenvalue weighted by Crippen LogP contribution is -1.95. The Bertz CT molecular complexity index is 2810. The van der Waals surface area contributed by atoms with Crippen molar-refractivity contribution in [3.8, 4) is 44.8 Å². The van der Waals surface area contributed by atoms with Crippen LogP contribution in [0.3, 0.4) is 0 Å². The first-order valence-corrected chi connectivity index (χ1v) is 17.2. The van der Waals surface area contributed by atoms with Gasteiger partial charge in [-0.2, -0.15) is 0 Å². The summed E-state index contributed by atoms with van der Waals surface area (Å²) in [7, 11) is 0. The first kappa shape index (κ1) is 28.4. The molecule has 0 bridgehead atoms. The van der Waals surface area contributed by atoms with E-state index in [0.717, 1.165) is 11.4 Å². The van der Waals surface area contributed by atoms with Crippen LogP contribution in [0, 0.1) is 0 Å². The number of benzene rings is 8. The summed E-state index contributed by atoms with van der Waals surface area (Å²) in [6.07, 6.45) is 0. The molecule has 0 N–H and O–H groups in total. The first-order chi connectivity index (χ1) is 24.8. The Morgan fingerprint density at radius 2 is 0.620 bits per heavy atom. The van der Waals surface area contributed by atoms with Gasteiger partial charge in [-0.05, 0) is 81.9 Å². The molecule has 0 amide bonds. The van der Waals surface area contributed by atoms with Crippen molar-refractivity contribution >= 4 is 43.6 Å². The van der Waals surface area contributed by atoms with E-state index in [9.17, 15) is 0 Å². The van der Waals surface area contributed by atoms with Gasteiger partial charge in [-0.15, -0.1) is 0 Å². The Morgan fingerprint density at radius 3 is 1.14 bits per heavy atom. The molecule has 10 aromatic rings. The van der Waals surface area contributed by atoms with Crippen LogP contribution in [-0.2, 0) is 0 Å². The lowest BCUT2D eigenvalue weighted by molar-refractivity contribution is 1.17. The molecule has 50 heavy (non-hydrogen) atoms. The third-order valence-electron chi connectivity index (χ3n) is 10.1. The quantitative estimate of drug-likeness (QED) is 0.178. The average molecular weight is 637 g/mol. The minimum Gasteiger partial charge on any atom is -0.309 e. The predicted octanol–water partition coefficient (Wildman–Crippen LogP) is 12.9. The van der Waals surface area contributed by atoms with Gasteiger partial charge in [0.1, 0.15) is 0 Å². The summed E-state index contributed by atoms with van der Waals surface area (Å²) in [5.41, 5.74) is 14.4. The Balaban J connectivity index is 1.24. The van der Waals surface area contributed by atoms with Crippen molar-refractivity contribution in [3.05, 3.63) is 194 Å². The number of aromatic nitrogens is 2. The third-order valence-corrected chi connectivity index (χ3v) is 10.1. The lowest BCUT2D eigenvalue weighted by atomic mass is 10.0. The fraction of sp³-hybridized carbons (Fsp3) is 0. The fourth-order valence-corrected chi connectivity index (χ4v) is 7.80. The predicted molar refractivity (Wildman–Crippen MR) is 211 cm³/mol. The number of fused-ring (bicyclic) bond motifs is 7. The molecule has 2 nitrogen and oxygen atoms in total. The van der Waals surface area contributed by atoms with Crippen molar-refractivity contribution in [2.45, 2.75) is 0 Å². The Hall–Kier alpha value is -6.64. The number of nitrogens with zero attached hydrogens (tertiary/aromatic N) is 2. The van der Waals surface area contributed by atoms with Gasteiger partial charge in [0, 0.05) is 32.9 Å². The van der Waals surface area contributed by atoms with Crippen molar-refractivity contribution in [1.29, 1.82) is 0 Å². The Kier molecular flexibility index (Phi) is 6.53. The largest absolute Gasteiger partial charge is 0.309 e. The van der Waals surface area contributed by atoms with E-state index < -0.39 is 0 Å². The van der Waals surface area contributed by atoms with Gasteiger partial charge in [0.25, 0.3) is 0 Å². The van der Waals surface area contributed by atoms with E-state index in [0.29, 0.717) is 0 Å². The average Bonchev–Trinajstić information content (AvgIpc) is 3.71. The molecule has 2 aromatic heterocycles. The summed E-state index contributed by atoms with van der Waals surface area (Å²) in [5, 5.41) is 5.06. The zero-order valence-electron chi connectivity index (χ0n) is 27.4. The second kappa shape index (κ2) is 11.5. The summed E-state index contributed by atoms with van der Waals surface area (Å²) in [6.45, 7) is 0. The summed E-state index contributed by atoms with van der Waals surface area (Å²) < 4.78 is 4.88. The summed E-state index contributed by atoms with van der Waals surface area (Å²) >= 11 is 0. The highest BCUT2D eigenvalue weighted by Gasteiger charge is 2.21. The molecule has 2 heterocycles. The van der Waals surface area contributed by atoms with Gasteiger partial charge in [-0.25, -0.2) is 0 Å². The number of hydrogen-bond acceptors (Lipinski definition) is 0. The third kappa shape index (κ3) is 4.50. The van der Waals surface area contributed by atoms with Crippen molar-refractivity contribution in [1.82, 2.24) is 9.13 Å². The Morgan fingerprint density at radius 1 is 0.240 bits per heavy atom. The zero-order chi connectivity index (χ0) is 33.0. The second-order valence-corrected chi connectivity index (χ2v) is 13.0. The topological polar surface area (TPSA) is 9.86 Å². The number of hydrogen-bond donors (Lipinski definition) is 0. The molecule has 8 aromatic carbocycles. The van der Waals surface area contributed by atoms with Crippen molar-refractivity contribution in [2.75, 3.05) is 0 Å².